The zero-order valence-electron chi connectivity index (χ0n) is 17.2. The van der Waals surface area contributed by atoms with E-state index < -0.39 is 12.1 Å². The Labute approximate surface area is 183 Å². The lowest BCUT2D eigenvalue weighted by atomic mass is 9.92. The fraction of sp³-hybridized carbons (Fsp3) is 0.304. The summed E-state index contributed by atoms with van der Waals surface area (Å²) in [7, 11) is 0. The number of nitrogens with one attached hydrogen (secondary N) is 2. The number of urea groups is 1. The van der Waals surface area contributed by atoms with Gasteiger partial charge in [-0.05, 0) is 35.7 Å². The molecule has 2 aromatic carbocycles. The molecule has 1 unspecified atom stereocenters. The highest BCUT2D eigenvalue weighted by Gasteiger charge is 2.38. The molecule has 164 valence electrons. The van der Waals surface area contributed by atoms with E-state index in [1.54, 1.807) is 29.2 Å². The van der Waals surface area contributed by atoms with E-state index in [4.69, 9.17) is 9.47 Å². The fourth-order valence-electron chi connectivity index (χ4n) is 4.25. The molecule has 3 aliphatic rings. The van der Waals surface area contributed by atoms with Crippen molar-refractivity contribution < 1.29 is 28.7 Å². The molecule has 2 N–H and O–H groups in total. The fourth-order valence-corrected chi connectivity index (χ4v) is 4.25. The number of fused-ring (bicyclic) bond motifs is 2. The number of hydrogen-bond acceptors (Lipinski definition) is 6. The van der Waals surface area contributed by atoms with Crippen molar-refractivity contribution in [2.24, 2.45) is 0 Å². The Morgan fingerprint density at radius 1 is 1.06 bits per heavy atom. The molecular weight excluding hydrogens is 414 g/mol. The van der Waals surface area contributed by atoms with Crippen LogP contribution in [-0.2, 0) is 22.7 Å². The predicted octanol–water partition coefficient (Wildman–Crippen LogP) is 2.38. The topological polar surface area (TPSA) is 114 Å². The second-order valence-corrected chi connectivity index (χ2v) is 8.04. The van der Waals surface area contributed by atoms with Gasteiger partial charge >= 0.3 is 6.03 Å². The summed E-state index contributed by atoms with van der Waals surface area (Å²) in [6, 6.07) is 9.64. The maximum Gasteiger partial charge on any atom is 0.319 e. The second kappa shape index (κ2) is 7.99. The summed E-state index contributed by atoms with van der Waals surface area (Å²) in [4.78, 5) is 50.5. The Kier molecular flexibility index (Phi) is 5.01. The first-order chi connectivity index (χ1) is 15.5. The van der Waals surface area contributed by atoms with Gasteiger partial charge in [-0.2, -0.15) is 0 Å². The summed E-state index contributed by atoms with van der Waals surface area (Å²) < 4.78 is 10.6. The van der Waals surface area contributed by atoms with Crippen LogP contribution in [0.15, 0.2) is 36.4 Å². The van der Waals surface area contributed by atoms with E-state index >= 15 is 0 Å². The summed E-state index contributed by atoms with van der Waals surface area (Å²) in [5.41, 5.74) is 2.71. The summed E-state index contributed by atoms with van der Waals surface area (Å²) in [5.74, 6) is 0.742. The number of carbonyl (C=O) groups excluding carboxylic acids is 4. The molecule has 1 aliphatic carbocycles. The first-order valence-corrected chi connectivity index (χ1v) is 10.4. The Hall–Kier alpha value is -3.88. The summed E-state index contributed by atoms with van der Waals surface area (Å²) in [6.45, 7) is 0.747. The first kappa shape index (κ1) is 20.0. The van der Waals surface area contributed by atoms with Gasteiger partial charge in [0.25, 0.3) is 5.91 Å². The molecule has 0 bridgehead atoms. The smallest absolute Gasteiger partial charge is 0.319 e. The van der Waals surface area contributed by atoms with Gasteiger partial charge in [0.15, 0.2) is 17.3 Å². The number of nitrogens with zero attached hydrogens (tertiary/aromatic N) is 1. The number of rotatable bonds is 4. The zero-order valence-corrected chi connectivity index (χ0v) is 17.2. The summed E-state index contributed by atoms with van der Waals surface area (Å²) in [6.07, 6.45) is 0.606. The monoisotopic (exact) mass is 435 g/mol. The van der Waals surface area contributed by atoms with E-state index in [-0.39, 0.29) is 37.2 Å². The SMILES string of the molecule is O=C1CCC(N2Cc3ccc(CNC(=O)Nc4ccc5c(c4)OCO5)cc3C2=O)C(=O)C1. The average molecular weight is 435 g/mol. The van der Waals surface area contributed by atoms with Crippen LogP contribution in [0.2, 0.25) is 0 Å². The molecule has 1 atom stereocenters. The normalized spacial score (nSPS) is 19.2. The van der Waals surface area contributed by atoms with E-state index in [9.17, 15) is 19.2 Å². The Morgan fingerprint density at radius 2 is 1.91 bits per heavy atom. The number of anilines is 1. The molecule has 1 saturated carbocycles. The van der Waals surface area contributed by atoms with Crippen molar-refractivity contribution in [3.63, 3.8) is 0 Å². The number of ether oxygens (including phenoxy) is 2. The molecular formula is C23H21N3O6. The highest BCUT2D eigenvalue weighted by Crippen LogP contribution is 2.34. The molecule has 0 saturated heterocycles. The van der Waals surface area contributed by atoms with Gasteiger partial charge < -0.3 is 25.0 Å². The van der Waals surface area contributed by atoms with Crippen molar-refractivity contribution in [1.82, 2.24) is 10.2 Å². The van der Waals surface area contributed by atoms with E-state index in [2.05, 4.69) is 10.6 Å². The van der Waals surface area contributed by atoms with Crippen molar-refractivity contribution in [2.75, 3.05) is 12.1 Å². The van der Waals surface area contributed by atoms with Gasteiger partial charge in [-0.3, -0.25) is 14.4 Å². The molecule has 32 heavy (non-hydrogen) atoms. The van der Waals surface area contributed by atoms with Crippen molar-refractivity contribution >= 4 is 29.2 Å². The quantitative estimate of drug-likeness (QED) is 0.713. The van der Waals surface area contributed by atoms with Gasteiger partial charge in [0.2, 0.25) is 6.79 Å². The molecule has 9 heteroatoms. The molecule has 1 fully saturated rings. The maximum atomic E-state index is 12.9. The molecule has 2 aromatic rings. The number of Topliss-reactive ketones (excluding diaryl/α,β-unsaturated/α-hetero) is 2. The third-order valence-corrected chi connectivity index (χ3v) is 5.91. The van der Waals surface area contributed by atoms with Crippen LogP contribution in [0, 0.1) is 0 Å². The maximum absolute atomic E-state index is 12.9. The number of ketones is 2. The van der Waals surface area contributed by atoms with E-state index in [0.717, 1.165) is 11.1 Å². The summed E-state index contributed by atoms with van der Waals surface area (Å²) >= 11 is 0. The number of benzene rings is 2. The zero-order chi connectivity index (χ0) is 22.2. The molecule has 2 aliphatic heterocycles. The molecule has 2 heterocycles. The molecule has 3 amide bonds. The third-order valence-electron chi connectivity index (χ3n) is 5.91. The molecule has 0 spiro atoms. The Morgan fingerprint density at radius 3 is 2.75 bits per heavy atom. The van der Waals surface area contributed by atoms with E-state index in [1.165, 1.54) is 0 Å². The van der Waals surface area contributed by atoms with Crippen molar-refractivity contribution in [3.05, 3.63) is 53.1 Å². The van der Waals surface area contributed by atoms with Gasteiger partial charge in [0.05, 0.1) is 12.5 Å². The minimum atomic E-state index is -0.540. The van der Waals surface area contributed by atoms with Crippen molar-refractivity contribution in [2.45, 2.75) is 38.4 Å². The highest BCUT2D eigenvalue weighted by molar-refractivity contribution is 6.07. The van der Waals surface area contributed by atoms with Crippen molar-refractivity contribution in [3.8, 4) is 11.5 Å². The van der Waals surface area contributed by atoms with Crippen LogP contribution in [0.25, 0.3) is 0 Å². The molecule has 0 radical (unpaired) electrons. The van der Waals surface area contributed by atoms with Gasteiger partial charge in [-0.15, -0.1) is 0 Å². The lowest BCUT2D eigenvalue weighted by molar-refractivity contribution is -0.133. The van der Waals surface area contributed by atoms with Crippen LogP contribution < -0.4 is 20.1 Å². The predicted molar refractivity (Wildman–Crippen MR) is 112 cm³/mol. The largest absolute Gasteiger partial charge is 0.454 e. The number of amides is 3. The minimum absolute atomic E-state index is 0.0669. The first-order valence-electron chi connectivity index (χ1n) is 10.4. The van der Waals surface area contributed by atoms with Gasteiger partial charge in [0, 0.05) is 36.8 Å². The van der Waals surface area contributed by atoms with Crippen LogP contribution in [0.3, 0.4) is 0 Å². The van der Waals surface area contributed by atoms with Crippen LogP contribution in [0.5, 0.6) is 11.5 Å². The Bertz CT molecular complexity index is 1140. The number of hydrogen-bond donors (Lipinski definition) is 2. The highest BCUT2D eigenvalue weighted by atomic mass is 16.7. The standard InChI is InChI=1S/C23H21N3O6/c27-16-4-5-18(19(28)9-16)26-11-14-2-1-13(7-17(14)22(26)29)10-24-23(30)25-15-3-6-20-21(8-15)32-12-31-20/h1-3,6-8,18H,4-5,9-12H2,(H2,24,25,30). The lowest BCUT2D eigenvalue weighted by Crippen LogP contribution is -2.44. The number of carbonyl (C=O) groups is 4. The minimum Gasteiger partial charge on any atom is -0.454 e. The third kappa shape index (κ3) is 3.77. The van der Waals surface area contributed by atoms with Crippen molar-refractivity contribution in [1.29, 1.82) is 0 Å². The van der Waals surface area contributed by atoms with Gasteiger partial charge in [-0.1, -0.05) is 12.1 Å². The van der Waals surface area contributed by atoms with Gasteiger partial charge in [0.1, 0.15) is 5.78 Å². The molecule has 5 rings (SSSR count). The average Bonchev–Trinajstić information content (AvgIpc) is 3.36. The second-order valence-electron chi connectivity index (χ2n) is 8.04. The Balaban J connectivity index is 1.20. The van der Waals surface area contributed by atoms with E-state index in [1.807, 2.05) is 12.1 Å². The van der Waals surface area contributed by atoms with Crippen LogP contribution in [0.1, 0.15) is 40.7 Å². The summed E-state index contributed by atoms with van der Waals surface area (Å²) in [5, 5.41) is 5.50. The van der Waals surface area contributed by atoms with Crippen LogP contribution in [0.4, 0.5) is 10.5 Å². The van der Waals surface area contributed by atoms with Crippen LogP contribution >= 0.6 is 0 Å². The molecule has 0 aromatic heterocycles. The molecule has 9 nitrogen and oxygen atoms in total. The van der Waals surface area contributed by atoms with E-state index in [0.29, 0.717) is 42.1 Å². The van der Waals surface area contributed by atoms with Gasteiger partial charge in [-0.25, -0.2) is 4.79 Å². The lowest BCUT2D eigenvalue weighted by Gasteiger charge is -2.29. The van der Waals surface area contributed by atoms with Crippen LogP contribution in [-0.4, -0.2) is 41.2 Å².